The minimum atomic E-state index is 0.00176. The molecule has 0 radical (unpaired) electrons. The number of furan rings is 1. The van der Waals surface area contributed by atoms with Gasteiger partial charge in [-0.2, -0.15) is 0 Å². The molecule has 76 valence electrons. The Bertz CT molecular complexity index is 300. The number of carbonyl (C=O) groups is 1. The van der Waals surface area contributed by atoms with E-state index >= 15 is 0 Å². The number of nitrogens with zero attached hydrogens (tertiary/aromatic N) is 1. The van der Waals surface area contributed by atoms with E-state index in [2.05, 4.69) is 5.73 Å². The Hall–Kier alpha value is -1.29. The van der Waals surface area contributed by atoms with Crippen molar-refractivity contribution in [2.75, 3.05) is 13.1 Å². The van der Waals surface area contributed by atoms with Crippen molar-refractivity contribution in [2.24, 2.45) is 0 Å². The second kappa shape index (κ2) is 3.84. The summed E-state index contributed by atoms with van der Waals surface area (Å²) in [4.78, 5) is 13.6. The number of piperidine rings is 1. The average Bonchev–Trinajstić information content (AvgIpc) is 2.71. The molecule has 0 aliphatic carbocycles. The fourth-order valence-electron chi connectivity index (χ4n) is 1.69. The zero-order valence-corrected chi connectivity index (χ0v) is 8.11. The molecule has 0 unspecified atom stereocenters. The van der Waals surface area contributed by atoms with Gasteiger partial charge in [0.2, 0.25) is 0 Å². The SMILES string of the molecule is [NH3+]C1CCN(C(=O)c2ccco2)CC1. The normalized spacial score (nSPS) is 18.5. The third-order valence-electron chi connectivity index (χ3n) is 2.63. The summed E-state index contributed by atoms with van der Waals surface area (Å²) in [6.45, 7) is 1.60. The van der Waals surface area contributed by atoms with Crippen molar-refractivity contribution in [2.45, 2.75) is 18.9 Å². The molecule has 1 aromatic rings. The summed E-state index contributed by atoms with van der Waals surface area (Å²) in [5.74, 6) is 0.439. The fourth-order valence-corrected chi connectivity index (χ4v) is 1.69. The van der Waals surface area contributed by atoms with Gasteiger partial charge in [0.15, 0.2) is 5.76 Å². The lowest BCUT2D eigenvalue weighted by atomic mass is 10.1. The number of amides is 1. The van der Waals surface area contributed by atoms with Gasteiger partial charge < -0.3 is 15.1 Å². The summed E-state index contributed by atoms with van der Waals surface area (Å²) in [7, 11) is 0. The Kier molecular flexibility index (Phi) is 2.54. The molecule has 14 heavy (non-hydrogen) atoms. The summed E-state index contributed by atoms with van der Waals surface area (Å²) in [6.07, 6.45) is 3.51. The van der Waals surface area contributed by atoms with Crippen molar-refractivity contribution in [3.63, 3.8) is 0 Å². The molecule has 0 aromatic carbocycles. The topological polar surface area (TPSA) is 61.1 Å². The fraction of sp³-hybridized carbons (Fsp3) is 0.500. The summed E-state index contributed by atoms with van der Waals surface area (Å²) in [5.41, 5.74) is 3.99. The summed E-state index contributed by atoms with van der Waals surface area (Å²) >= 11 is 0. The van der Waals surface area contributed by atoms with E-state index in [-0.39, 0.29) is 5.91 Å². The van der Waals surface area contributed by atoms with Crippen molar-refractivity contribution >= 4 is 5.91 Å². The second-order valence-corrected chi connectivity index (χ2v) is 3.71. The Morgan fingerprint density at radius 2 is 2.21 bits per heavy atom. The van der Waals surface area contributed by atoms with Crippen molar-refractivity contribution in [3.8, 4) is 0 Å². The molecule has 1 saturated heterocycles. The van der Waals surface area contributed by atoms with Crippen molar-refractivity contribution in [1.82, 2.24) is 4.90 Å². The number of hydrogen-bond donors (Lipinski definition) is 1. The first-order valence-corrected chi connectivity index (χ1v) is 4.93. The zero-order valence-electron chi connectivity index (χ0n) is 8.11. The van der Waals surface area contributed by atoms with E-state index in [1.165, 1.54) is 6.26 Å². The number of quaternary nitrogens is 1. The van der Waals surface area contributed by atoms with Crippen LogP contribution in [-0.4, -0.2) is 29.9 Å². The second-order valence-electron chi connectivity index (χ2n) is 3.71. The van der Waals surface area contributed by atoms with Crippen LogP contribution in [0.25, 0.3) is 0 Å². The quantitative estimate of drug-likeness (QED) is 0.692. The maximum Gasteiger partial charge on any atom is 0.289 e. The van der Waals surface area contributed by atoms with E-state index in [1.54, 1.807) is 12.1 Å². The van der Waals surface area contributed by atoms with Crippen LogP contribution in [0, 0.1) is 0 Å². The van der Waals surface area contributed by atoms with Gasteiger partial charge in [0.1, 0.15) is 0 Å². The molecule has 3 N–H and O–H groups in total. The van der Waals surface area contributed by atoms with Gasteiger partial charge in [0.25, 0.3) is 5.91 Å². The van der Waals surface area contributed by atoms with Crippen LogP contribution in [0.1, 0.15) is 23.4 Å². The first-order chi connectivity index (χ1) is 6.77. The molecule has 2 rings (SSSR count). The van der Waals surface area contributed by atoms with Gasteiger partial charge in [0.05, 0.1) is 12.3 Å². The highest BCUT2D eigenvalue weighted by atomic mass is 16.3. The molecule has 0 spiro atoms. The minimum Gasteiger partial charge on any atom is -0.459 e. The first kappa shape index (κ1) is 9.27. The molecule has 0 atom stereocenters. The van der Waals surface area contributed by atoms with E-state index in [4.69, 9.17) is 4.42 Å². The molecule has 1 fully saturated rings. The highest BCUT2D eigenvalue weighted by Gasteiger charge is 2.24. The van der Waals surface area contributed by atoms with Crippen LogP contribution in [0.2, 0.25) is 0 Å². The number of rotatable bonds is 1. The van der Waals surface area contributed by atoms with Gasteiger partial charge in [-0.25, -0.2) is 0 Å². The predicted molar refractivity (Wildman–Crippen MR) is 50.5 cm³/mol. The third kappa shape index (κ3) is 1.80. The van der Waals surface area contributed by atoms with Gasteiger partial charge in [-0.15, -0.1) is 0 Å². The number of likely N-dealkylation sites (tertiary alicyclic amines) is 1. The summed E-state index contributed by atoms with van der Waals surface area (Å²) in [6, 6.07) is 3.94. The predicted octanol–water partition coefficient (Wildman–Crippen LogP) is 0.126. The molecule has 1 aromatic heterocycles. The standard InChI is InChI=1S/C10H14N2O2/c11-8-3-5-12(6-4-8)10(13)9-2-1-7-14-9/h1-2,7-8H,3-6,11H2/p+1. The van der Waals surface area contributed by atoms with E-state index in [9.17, 15) is 4.79 Å². The highest BCUT2D eigenvalue weighted by Crippen LogP contribution is 2.12. The molecule has 1 amide bonds. The largest absolute Gasteiger partial charge is 0.459 e. The molecule has 2 heterocycles. The van der Waals surface area contributed by atoms with E-state index in [0.29, 0.717) is 11.8 Å². The molecule has 0 saturated carbocycles. The Morgan fingerprint density at radius 1 is 1.50 bits per heavy atom. The Labute approximate surface area is 82.7 Å². The van der Waals surface area contributed by atoms with E-state index in [1.807, 2.05) is 4.90 Å². The minimum absolute atomic E-state index is 0.00176. The van der Waals surface area contributed by atoms with Crippen LogP contribution >= 0.6 is 0 Å². The third-order valence-corrected chi connectivity index (χ3v) is 2.63. The lowest BCUT2D eigenvalue weighted by molar-refractivity contribution is -0.425. The number of hydrogen-bond acceptors (Lipinski definition) is 2. The molecular formula is C10H15N2O2+. The Balaban J connectivity index is 1.99. The number of carbonyl (C=O) groups excluding carboxylic acids is 1. The Morgan fingerprint density at radius 3 is 2.79 bits per heavy atom. The van der Waals surface area contributed by atoms with Gasteiger partial charge in [-0.1, -0.05) is 0 Å². The molecular weight excluding hydrogens is 180 g/mol. The van der Waals surface area contributed by atoms with Gasteiger partial charge >= 0.3 is 0 Å². The van der Waals surface area contributed by atoms with Crippen molar-refractivity contribution in [3.05, 3.63) is 24.2 Å². The lowest BCUT2D eigenvalue weighted by Crippen LogP contribution is -2.64. The van der Waals surface area contributed by atoms with Crippen LogP contribution in [0.3, 0.4) is 0 Å². The van der Waals surface area contributed by atoms with Crippen LogP contribution in [-0.2, 0) is 0 Å². The lowest BCUT2D eigenvalue weighted by Gasteiger charge is -2.27. The van der Waals surface area contributed by atoms with E-state index < -0.39 is 0 Å². The molecule has 4 nitrogen and oxygen atoms in total. The van der Waals surface area contributed by atoms with Crippen molar-refractivity contribution < 1.29 is 14.9 Å². The highest BCUT2D eigenvalue weighted by molar-refractivity contribution is 5.91. The van der Waals surface area contributed by atoms with Crippen LogP contribution in [0.4, 0.5) is 0 Å². The van der Waals surface area contributed by atoms with Gasteiger partial charge in [0, 0.05) is 25.9 Å². The molecule has 0 bridgehead atoms. The maximum absolute atomic E-state index is 11.8. The molecule has 1 aliphatic rings. The zero-order chi connectivity index (χ0) is 9.97. The summed E-state index contributed by atoms with van der Waals surface area (Å²) < 4.78 is 5.07. The van der Waals surface area contributed by atoms with Gasteiger partial charge in [-0.3, -0.25) is 4.79 Å². The summed E-state index contributed by atoms with van der Waals surface area (Å²) in [5, 5.41) is 0. The van der Waals surface area contributed by atoms with Gasteiger partial charge in [-0.05, 0) is 12.1 Å². The van der Waals surface area contributed by atoms with E-state index in [0.717, 1.165) is 25.9 Å². The van der Waals surface area contributed by atoms with Crippen LogP contribution in [0.15, 0.2) is 22.8 Å². The maximum atomic E-state index is 11.8. The van der Waals surface area contributed by atoms with Crippen LogP contribution in [0.5, 0.6) is 0 Å². The monoisotopic (exact) mass is 195 g/mol. The molecule has 1 aliphatic heterocycles. The van der Waals surface area contributed by atoms with Crippen LogP contribution < -0.4 is 5.73 Å². The molecule has 4 heteroatoms. The average molecular weight is 195 g/mol. The van der Waals surface area contributed by atoms with Crippen molar-refractivity contribution in [1.29, 1.82) is 0 Å². The smallest absolute Gasteiger partial charge is 0.289 e. The first-order valence-electron chi connectivity index (χ1n) is 4.93.